The molecule has 0 aliphatic rings. The number of carbonyl (C=O) groups is 1. The number of rotatable bonds is 2. The molecule has 0 saturated heterocycles. The maximum absolute atomic E-state index is 10.3. The quantitative estimate of drug-likeness (QED) is 0.316. The molecule has 0 radical (unpaired) electrons. The predicted molar refractivity (Wildman–Crippen MR) is 33.6 cm³/mol. The second-order valence-electron chi connectivity index (χ2n) is 1.28. The van der Waals surface area contributed by atoms with Crippen molar-refractivity contribution in [1.82, 2.24) is 0 Å². The van der Waals surface area contributed by atoms with Crippen molar-refractivity contribution in [2.75, 3.05) is 0 Å². The summed E-state index contributed by atoms with van der Waals surface area (Å²) in [6.45, 7) is 4.94. The summed E-state index contributed by atoms with van der Waals surface area (Å²) in [4.78, 5) is 10.3. The van der Waals surface area contributed by atoms with Crippen LogP contribution in [0.2, 0.25) is 0 Å². The zero-order chi connectivity index (χ0) is 7.11. The van der Waals surface area contributed by atoms with Gasteiger partial charge < -0.3 is 4.74 Å². The number of hydrogen-bond acceptors (Lipinski definition) is 2. The summed E-state index contributed by atoms with van der Waals surface area (Å²) >= 11 is 0. The van der Waals surface area contributed by atoms with E-state index < -0.39 is 0 Å². The topological polar surface area (TPSA) is 26.3 Å². The first-order chi connectivity index (χ1) is 4.31. The Morgan fingerprint density at radius 2 is 2.56 bits per heavy atom. The molecular weight excluding hydrogens is 116 g/mol. The lowest BCUT2D eigenvalue weighted by molar-refractivity contribution is -0.137. The molecule has 48 valence electrons. The summed E-state index contributed by atoms with van der Waals surface area (Å²) in [5, 5.41) is 0. The molecule has 0 atom stereocenters. The molecule has 0 spiro atoms. The molecule has 0 aliphatic heterocycles. The Hall–Kier alpha value is -1.23. The van der Waals surface area contributed by atoms with E-state index in [-0.39, 0.29) is 5.97 Å². The van der Waals surface area contributed by atoms with E-state index in [1.54, 1.807) is 6.92 Å². The highest BCUT2D eigenvalue weighted by Crippen LogP contribution is 1.82. The number of carbonyl (C=O) groups excluding carboxylic acids is 1. The third-order valence-electron chi connectivity index (χ3n) is 0.640. The standard InChI is InChI=1S/C7H8O2/c1-3-5-6-9-7(8)4-2/h6H,1,4H2,2H3. The van der Waals surface area contributed by atoms with Crippen molar-refractivity contribution >= 4 is 5.97 Å². The van der Waals surface area contributed by atoms with Crippen molar-refractivity contribution in [3.63, 3.8) is 0 Å². The van der Waals surface area contributed by atoms with Crippen molar-refractivity contribution in [2.45, 2.75) is 13.3 Å². The van der Waals surface area contributed by atoms with Crippen LogP contribution in [0.1, 0.15) is 13.3 Å². The van der Waals surface area contributed by atoms with Gasteiger partial charge in [-0.3, -0.25) is 4.79 Å². The first-order valence-corrected chi connectivity index (χ1v) is 2.60. The van der Waals surface area contributed by atoms with E-state index in [4.69, 9.17) is 0 Å². The van der Waals surface area contributed by atoms with E-state index in [9.17, 15) is 4.79 Å². The van der Waals surface area contributed by atoms with E-state index in [0.29, 0.717) is 6.42 Å². The maximum Gasteiger partial charge on any atom is 0.310 e. The molecule has 0 bridgehead atoms. The third-order valence-corrected chi connectivity index (χ3v) is 0.640. The number of hydrogen-bond donors (Lipinski definition) is 0. The largest absolute Gasteiger partial charge is 0.425 e. The molecular formula is C7H8O2. The summed E-state index contributed by atoms with van der Waals surface area (Å²) in [6, 6.07) is 0. The third kappa shape index (κ3) is 4.63. The second kappa shape index (κ2) is 4.92. The van der Waals surface area contributed by atoms with Gasteiger partial charge >= 0.3 is 5.97 Å². The van der Waals surface area contributed by atoms with Crippen LogP contribution < -0.4 is 0 Å². The molecule has 0 aromatic rings. The smallest absolute Gasteiger partial charge is 0.310 e. The lowest BCUT2D eigenvalue weighted by Gasteiger charge is -1.88. The van der Waals surface area contributed by atoms with Crippen molar-refractivity contribution in [2.24, 2.45) is 0 Å². The normalized spacial score (nSPS) is 6.78. The predicted octanol–water partition coefficient (Wildman–Crippen LogP) is 1.39. The number of esters is 1. The van der Waals surface area contributed by atoms with Crippen LogP contribution in [0.5, 0.6) is 0 Å². The Balaban J connectivity index is 3.63. The molecule has 0 aliphatic carbocycles. The van der Waals surface area contributed by atoms with Crippen LogP contribution in [0.25, 0.3) is 0 Å². The molecule has 2 heteroatoms. The zero-order valence-corrected chi connectivity index (χ0v) is 5.31. The first-order valence-electron chi connectivity index (χ1n) is 2.60. The van der Waals surface area contributed by atoms with Crippen molar-refractivity contribution in [3.8, 4) is 0 Å². The average molecular weight is 124 g/mol. The molecule has 0 aromatic heterocycles. The van der Waals surface area contributed by atoms with Crippen molar-refractivity contribution in [1.29, 1.82) is 0 Å². The van der Waals surface area contributed by atoms with Crippen LogP contribution in [0.15, 0.2) is 24.3 Å². The molecule has 0 saturated carbocycles. The molecule has 0 amide bonds. The second-order valence-corrected chi connectivity index (χ2v) is 1.28. The van der Waals surface area contributed by atoms with Crippen molar-refractivity contribution < 1.29 is 9.53 Å². The lowest BCUT2D eigenvalue weighted by Crippen LogP contribution is -1.94. The van der Waals surface area contributed by atoms with Crippen LogP contribution in [0, 0.1) is 0 Å². The molecule has 0 heterocycles. The molecule has 0 fully saturated rings. The molecule has 0 rings (SSSR count). The Kier molecular flexibility index (Phi) is 4.25. The van der Waals surface area contributed by atoms with Gasteiger partial charge in [-0.05, 0) is 12.3 Å². The van der Waals surface area contributed by atoms with Crippen LogP contribution in [0.4, 0.5) is 0 Å². The minimum absolute atomic E-state index is 0.280. The first kappa shape index (κ1) is 7.77. The van der Waals surface area contributed by atoms with E-state index in [1.165, 1.54) is 0 Å². The Morgan fingerprint density at radius 3 is 3.00 bits per heavy atom. The van der Waals surface area contributed by atoms with Crippen LogP contribution >= 0.6 is 0 Å². The molecule has 0 aromatic carbocycles. The number of ether oxygens (including phenoxy) is 1. The summed E-state index contributed by atoms with van der Waals surface area (Å²) in [7, 11) is 0. The van der Waals surface area contributed by atoms with Gasteiger partial charge in [0.2, 0.25) is 0 Å². The summed E-state index contributed by atoms with van der Waals surface area (Å²) < 4.78 is 4.45. The Labute approximate surface area is 54.1 Å². The highest BCUT2D eigenvalue weighted by Gasteiger charge is 1.90. The monoisotopic (exact) mass is 124 g/mol. The van der Waals surface area contributed by atoms with Gasteiger partial charge in [0.25, 0.3) is 0 Å². The Morgan fingerprint density at radius 1 is 1.89 bits per heavy atom. The van der Waals surface area contributed by atoms with Crippen LogP contribution in [-0.4, -0.2) is 5.97 Å². The molecule has 9 heavy (non-hydrogen) atoms. The van der Waals surface area contributed by atoms with Gasteiger partial charge in [-0.1, -0.05) is 12.7 Å². The highest BCUT2D eigenvalue weighted by molar-refractivity contribution is 5.69. The fourth-order valence-electron chi connectivity index (χ4n) is 0.220. The van der Waals surface area contributed by atoms with Crippen LogP contribution in [-0.2, 0) is 9.53 Å². The minimum Gasteiger partial charge on any atom is -0.425 e. The van der Waals surface area contributed by atoms with Gasteiger partial charge in [0.1, 0.15) is 6.26 Å². The summed E-state index contributed by atoms with van der Waals surface area (Å²) in [6.07, 6.45) is 1.51. The van der Waals surface area contributed by atoms with Gasteiger partial charge in [-0.15, -0.1) is 0 Å². The summed E-state index contributed by atoms with van der Waals surface area (Å²) in [5.74, 6) is -0.280. The highest BCUT2D eigenvalue weighted by atomic mass is 16.5. The van der Waals surface area contributed by atoms with Crippen LogP contribution in [0.3, 0.4) is 0 Å². The van der Waals surface area contributed by atoms with E-state index in [2.05, 4.69) is 22.8 Å². The SMILES string of the molecule is C=C=C=COC(=O)CC. The molecule has 0 unspecified atom stereocenters. The molecule has 0 N–H and O–H groups in total. The van der Waals surface area contributed by atoms with Gasteiger partial charge in [0, 0.05) is 6.42 Å². The molecule has 2 nitrogen and oxygen atoms in total. The fraction of sp³-hybridized carbons (Fsp3) is 0.286. The fourth-order valence-corrected chi connectivity index (χ4v) is 0.220. The average Bonchev–Trinajstić information content (AvgIpc) is 1.89. The maximum atomic E-state index is 10.3. The Bertz CT molecular complexity index is 169. The van der Waals surface area contributed by atoms with E-state index in [0.717, 1.165) is 6.26 Å². The van der Waals surface area contributed by atoms with Crippen molar-refractivity contribution in [3.05, 3.63) is 24.3 Å². The van der Waals surface area contributed by atoms with Gasteiger partial charge in [-0.25, -0.2) is 0 Å². The summed E-state index contributed by atoms with van der Waals surface area (Å²) in [5.41, 5.74) is 4.70. The lowest BCUT2D eigenvalue weighted by atomic mass is 10.5. The van der Waals surface area contributed by atoms with Gasteiger partial charge in [-0.2, -0.15) is 0 Å². The van der Waals surface area contributed by atoms with Gasteiger partial charge in [0.05, 0.1) is 0 Å². The zero-order valence-electron chi connectivity index (χ0n) is 5.31. The van der Waals surface area contributed by atoms with E-state index in [1.807, 2.05) is 0 Å². The van der Waals surface area contributed by atoms with E-state index >= 15 is 0 Å². The minimum atomic E-state index is -0.280. The van der Waals surface area contributed by atoms with Gasteiger partial charge in [0.15, 0.2) is 0 Å².